The van der Waals surface area contributed by atoms with Gasteiger partial charge in [-0.1, -0.05) is 6.07 Å². The molecular formula is C22H28N4O4. The van der Waals surface area contributed by atoms with E-state index >= 15 is 0 Å². The highest BCUT2D eigenvalue weighted by Gasteiger charge is 2.27. The summed E-state index contributed by atoms with van der Waals surface area (Å²) in [7, 11) is 1.66. The number of carbonyl (C=O) groups is 2. The van der Waals surface area contributed by atoms with Crippen molar-refractivity contribution in [1.29, 1.82) is 0 Å². The number of nitrogens with one attached hydrogen (secondary N) is 1. The number of benzene rings is 1. The lowest BCUT2D eigenvalue weighted by atomic mass is 10.1. The summed E-state index contributed by atoms with van der Waals surface area (Å²) in [5.41, 5.74) is 2.16. The Kier molecular flexibility index (Phi) is 7.62. The molecule has 0 spiro atoms. The number of ether oxygens (including phenoxy) is 2. The van der Waals surface area contributed by atoms with Crippen molar-refractivity contribution in [3.8, 4) is 5.75 Å². The molecule has 1 amide bonds. The molecule has 160 valence electrons. The molecule has 1 N–H and O–H groups in total. The van der Waals surface area contributed by atoms with E-state index in [4.69, 9.17) is 9.47 Å². The first kappa shape index (κ1) is 21.6. The van der Waals surface area contributed by atoms with Crippen LogP contribution < -0.4 is 15.0 Å². The summed E-state index contributed by atoms with van der Waals surface area (Å²) in [5.74, 6) is -0.735. The van der Waals surface area contributed by atoms with Gasteiger partial charge in [0.25, 0.3) is 0 Å². The fraction of sp³-hybridized carbons (Fsp3) is 0.409. The van der Waals surface area contributed by atoms with Crippen molar-refractivity contribution >= 4 is 17.6 Å². The summed E-state index contributed by atoms with van der Waals surface area (Å²) >= 11 is 0. The van der Waals surface area contributed by atoms with Crippen molar-refractivity contribution in [2.45, 2.75) is 13.0 Å². The van der Waals surface area contributed by atoms with Gasteiger partial charge in [0.1, 0.15) is 5.75 Å². The molecule has 0 radical (unpaired) electrons. The second kappa shape index (κ2) is 10.6. The number of aromatic nitrogens is 1. The molecule has 8 heteroatoms. The van der Waals surface area contributed by atoms with Crippen LogP contribution in [0.3, 0.4) is 0 Å². The van der Waals surface area contributed by atoms with Crippen LogP contribution in [0.1, 0.15) is 18.5 Å². The molecule has 30 heavy (non-hydrogen) atoms. The molecule has 0 bridgehead atoms. The number of piperazine rings is 1. The van der Waals surface area contributed by atoms with Crippen LogP contribution in [0.15, 0.2) is 48.8 Å². The summed E-state index contributed by atoms with van der Waals surface area (Å²) in [6.45, 7) is 5.51. The third kappa shape index (κ3) is 5.48. The van der Waals surface area contributed by atoms with E-state index in [9.17, 15) is 9.59 Å². The Morgan fingerprint density at radius 1 is 1.13 bits per heavy atom. The quantitative estimate of drug-likeness (QED) is 0.547. The predicted molar refractivity (Wildman–Crippen MR) is 113 cm³/mol. The standard InChI is InChI=1S/C22H28N4O4/c1-3-30-22(28)21(27)24-16-20(17-5-4-10-23-15-17)26-13-11-25(12-14-26)18-6-8-19(29-2)9-7-18/h4-10,15,20H,3,11-14,16H2,1-2H3,(H,24,27). The Labute approximate surface area is 176 Å². The van der Waals surface area contributed by atoms with Gasteiger partial charge in [-0.15, -0.1) is 0 Å². The van der Waals surface area contributed by atoms with Crippen LogP contribution in [0, 0.1) is 0 Å². The van der Waals surface area contributed by atoms with Gasteiger partial charge in [-0.3, -0.25) is 14.7 Å². The number of hydrogen-bond donors (Lipinski definition) is 1. The lowest BCUT2D eigenvalue weighted by molar-refractivity contribution is -0.154. The zero-order valence-electron chi connectivity index (χ0n) is 17.4. The zero-order valence-corrected chi connectivity index (χ0v) is 17.4. The van der Waals surface area contributed by atoms with Gasteiger partial charge >= 0.3 is 11.9 Å². The van der Waals surface area contributed by atoms with E-state index in [0.29, 0.717) is 6.54 Å². The van der Waals surface area contributed by atoms with Crippen LogP contribution in [-0.2, 0) is 14.3 Å². The Balaban J connectivity index is 1.64. The largest absolute Gasteiger partial charge is 0.497 e. The molecule has 1 unspecified atom stereocenters. The van der Waals surface area contributed by atoms with Crippen LogP contribution in [0.2, 0.25) is 0 Å². The molecule has 1 fully saturated rings. The SMILES string of the molecule is CCOC(=O)C(=O)NCC(c1cccnc1)N1CCN(c2ccc(OC)cc2)CC1. The Bertz CT molecular complexity index is 821. The van der Waals surface area contributed by atoms with Crippen molar-refractivity contribution in [1.82, 2.24) is 15.2 Å². The summed E-state index contributed by atoms with van der Waals surface area (Å²) in [6, 6.07) is 11.8. The maximum Gasteiger partial charge on any atom is 0.396 e. The molecule has 8 nitrogen and oxygen atoms in total. The molecule has 2 aromatic rings. The zero-order chi connectivity index (χ0) is 21.3. The minimum Gasteiger partial charge on any atom is -0.497 e. The van der Waals surface area contributed by atoms with E-state index in [1.165, 1.54) is 0 Å². The maximum atomic E-state index is 12.0. The molecule has 3 rings (SSSR count). The lowest BCUT2D eigenvalue weighted by Gasteiger charge is -2.40. The third-order valence-corrected chi connectivity index (χ3v) is 5.18. The van der Waals surface area contributed by atoms with Gasteiger partial charge in [0, 0.05) is 50.8 Å². The first-order chi connectivity index (χ1) is 14.6. The number of pyridine rings is 1. The summed E-state index contributed by atoms with van der Waals surface area (Å²) in [6.07, 6.45) is 3.52. The molecule has 1 aliphatic heterocycles. The molecule has 1 saturated heterocycles. The molecule has 0 aliphatic carbocycles. The number of nitrogens with zero attached hydrogens (tertiary/aromatic N) is 3. The van der Waals surface area contributed by atoms with Gasteiger partial charge in [-0.05, 0) is 42.8 Å². The van der Waals surface area contributed by atoms with E-state index < -0.39 is 11.9 Å². The molecular weight excluding hydrogens is 384 g/mol. The van der Waals surface area contributed by atoms with Crippen molar-refractivity contribution < 1.29 is 19.1 Å². The third-order valence-electron chi connectivity index (χ3n) is 5.18. The van der Waals surface area contributed by atoms with Gasteiger partial charge < -0.3 is 19.7 Å². The first-order valence-electron chi connectivity index (χ1n) is 10.1. The molecule has 1 atom stereocenters. The average molecular weight is 412 g/mol. The minimum atomic E-state index is -0.855. The number of anilines is 1. The van der Waals surface area contributed by atoms with Gasteiger partial charge in [-0.2, -0.15) is 0 Å². The van der Waals surface area contributed by atoms with Crippen LogP contribution in [0.5, 0.6) is 5.75 Å². The second-order valence-corrected chi connectivity index (χ2v) is 6.95. The van der Waals surface area contributed by atoms with Gasteiger partial charge in [0.05, 0.1) is 19.8 Å². The molecule has 1 aromatic carbocycles. The fourth-order valence-corrected chi connectivity index (χ4v) is 3.57. The Morgan fingerprint density at radius 3 is 2.47 bits per heavy atom. The molecule has 1 aliphatic rings. The molecule has 1 aromatic heterocycles. The summed E-state index contributed by atoms with van der Waals surface area (Å²) in [4.78, 5) is 32.5. The van der Waals surface area contributed by atoms with E-state index in [1.807, 2.05) is 24.3 Å². The normalized spacial score (nSPS) is 15.3. The van der Waals surface area contributed by atoms with Gasteiger partial charge in [0.15, 0.2) is 0 Å². The van der Waals surface area contributed by atoms with E-state index in [2.05, 4.69) is 32.2 Å². The van der Waals surface area contributed by atoms with Crippen LogP contribution in [0.25, 0.3) is 0 Å². The van der Waals surface area contributed by atoms with Crippen LogP contribution >= 0.6 is 0 Å². The minimum absolute atomic E-state index is 0.0740. The smallest absolute Gasteiger partial charge is 0.396 e. The average Bonchev–Trinajstić information content (AvgIpc) is 2.80. The maximum absolute atomic E-state index is 12.0. The Hall–Kier alpha value is -3.13. The predicted octanol–water partition coefficient (Wildman–Crippen LogP) is 1.63. The number of amides is 1. The van der Waals surface area contributed by atoms with Crippen molar-refractivity contribution in [3.63, 3.8) is 0 Å². The van der Waals surface area contributed by atoms with E-state index in [-0.39, 0.29) is 12.6 Å². The van der Waals surface area contributed by atoms with E-state index in [1.54, 1.807) is 26.4 Å². The number of methoxy groups -OCH3 is 1. The number of hydrogen-bond acceptors (Lipinski definition) is 7. The topological polar surface area (TPSA) is 84.0 Å². The lowest BCUT2D eigenvalue weighted by Crippen LogP contribution is -2.50. The highest BCUT2D eigenvalue weighted by Crippen LogP contribution is 2.25. The van der Waals surface area contributed by atoms with Crippen molar-refractivity contribution in [2.75, 3.05) is 51.3 Å². The van der Waals surface area contributed by atoms with Crippen LogP contribution in [-0.4, -0.2) is 68.2 Å². The van der Waals surface area contributed by atoms with Gasteiger partial charge in [-0.25, -0.2) is 4.79 Å². The second-order valence-electron chi connectivity index (χ2n) is 6.95. The van der Waals surface area contributed by atoms with Crippen molar-refractivity contribution in [2.24, 2.45) is 0 Å². The number of carbonyl (C=O) groups excluding carboxylic acids is 2. The number of rotatable bonds is 7. The monoisotopic (exact) mass is 412 g/mol. The van der Waals surface area contributed by atoms with Gasteiger partial charge in [0.2, 0.25) is 0 Å². The number of esters is 1. The summed E-state index contributed by atoms with van der Waals surface area (Å²) in [5, 5.41) is 2.71. The molecule has 0 saturated carbocycles. The van der Waals surface area contributed by atoms with Crippen LogP contribution in [0.4, 0.5) is 5.69 Å². The highest BCUT2D eigenvalue weighted by molar-refractivity contribution is 6.32. The highest BCUT2D eigenvalue weighted by atomic mass is 16.5. The summed E-state index contributed by atoms with van der Waals surface area (Å²) < 4.78 is 10.0. The van der Waals surface area contributed by atoms with Crippen molar-refractivity contribution in [3.05, 3.63) is 54.4 Å². The molecule has 2 heterocycles. The Morgan fingerprint density at radius 2 is 1.87 bits per heavy atom. The van der Waals surface area contributed by atoms with E-state index in [0.717, 1.165) is 43.2 Å². The fourth-order valence-electron chi connectivity index (χ4n) is 3.57. The first-order valence-corrected chi connectivity index (χ1v) is 10.1.